The fraction of sp³-hybridized carbons (Fsp3) is 0. The van der Waals surface area contributed by atoms with Gasteiger partial charge in [0.05, 0.1) is 5.56 Å². The highest BCUT2D eigenvalue weighted by Gasteiger charge is 2.03. The number of benzene rings is 1. The van der Waals surface area contributed by atoms with Gasteiger partial charge < -0.3 is 16.2 Å². The van der Waals surface area contributed by atoms with Gasteiger partial charge in [-0.05, 0) is 24.3 Å². The van der Waals surface area contributed by atoms with E-state index in [-0.39, 0.29) is 11.5 Å². The molecule has 6 nitrogen and oxygen atoms in total. The molecule has 0 saturated carbocycles. The Bertz CT molecular complexity index is 557. The lowest BCUT2D eigenvalue weighted by atomic mass is 10.2. The van der Waals surface area contributed by atoms with Gasteiger partial charge in [-0.2, -0.15) is 4.98 Å². The summed E-state index contributed by atoms with van der Waals surface area (Å²) in [5, 5.41) is 11.8. The maximum absolute atomic E-state index is 10.8. The Balaban J connectivity index is 2.24. The second-order valence-corrected chi connectivity index (χ2v) is 3.31. The second kappa shape index (κ2) is 4.48. The van der Waals surface area contributed by atoms with Crippen molar-refractivity contribution in [3.8, 4) is 0 Å². The monoisotopic (exact) mass is 230 g/mol. The van der Waals surface area contributed by atoms with Crippen LogP contribution in [0.1, 0.15) is 10.4 Å². The number of nitrogens with two attached hydrogens (primary N) is 1. The number of nitrogens with one attached hydrogen (secondary N) is 1. The molecule has 0 fully saturated rings. The normalized spacial score (nSPS) is 9.88. The summed E-state index contributed by atoms with van der Waals surface area (Å²) in [5.74, 6) is -0.305. The molecule has 1 aromatic carbocycles. The van der Waals surface area contributed by atoms with Gasteiger partial charge in [-0.1, -0.05) is 6.07 Å². The molecule has 0 spiro atoms. The Kier molecular flexibility index (Phi) is 2.87. The van der Waals surface area contributed by atoms with Gasteiger partial charge >= 0.3 is 5.97 Å². The number of nitrogens with zero attached hydrogens (tertiary/aromatic N) is 2. The van der Waals surface area contributed by atoms with E-state index in [4.69, 9.17) is 10.8 Å². The average Bonchev–Trinajstić information content (AvgIpc) is 2.29. The zero-order chi connectivity index (χ0) is 12.3. The second-order valence-electron chi connectivity index (χ2n) is 3.31. The summed E-state index contributed by atoms with van der Waals surface area (Å²) in [6.45, 7) is 0. The van der Waals surface area contributed by atoms with Crippen molar-refractivity contribution in [1.29, 1.82) is 0 Å². The number of carbonyl (C=O) groups is 1. The molecule has 0 radical (unpaired) electrons. The van der Waals surface area contributed by atoms with Crippen LogP contribution in [0.15, 0.2) is 36.5 Å². The minimum atomic E-state index is -0.976. The number of carboxylic acid groups (broad SMARTS) is 1. The molecule has 2 rings (SSSR count). The molecule has 0 bridgehead atoms. The van der Waals surface area contributed by atoms with E-state index in [1.54, 1.807) is 18.2 Å². The van der Waals surface area contributed by atoms with Crippen LogP contribution in [-0.4, -0.2) is 21.0 Å². The lowest BCUT2D eigenvalue weighted by Crippen LogP contribution is -2.00. The van der Waals surface area contributed by atoms with E-state index < -0.39 is 5.97 Å². The predicted octanol–water partition coefficient (Wildman–Crippen LogP) is 1.50. The maximum atomic E-state index is 10.8. The summed E-state index contributed by atoms with van der Waals surface area (Å²) in [6.07, 6.45) is 1.52. The van der Waals surface area contributed by atoms with Crippen LogP contribution in [0.4, 0.5) is 17.5 Å². The summed E-state index contributed by atoms with van der Waals surface area (Å²) < 4.78 is 0. The van der Waals surface area contributed by atoms with E-state index in [9.17, 15) is 4.79 Å². The maximum Gasteiger partial charge on any atom is 0.335 e. The molecule has 1 heterocycles. The Morgan fingerprint density at radius 3 is 2.88 bits per heavy atom. The lowest BCUT2D eigenvalue weighted by molar-refractivity contribution is 0.0697. The number of hydrogen-bond acceptors (Lipinski definition) is 5. The summed E-state index contributed by atoms with van der Waals surface area (Å²) in [4.78, 5) is 18.5. The lowest BCUT2D eigenvalue weighted by Gasteiger charge is -2.06. The Labute approximate surface area is 97.1 Å². The van der Waals surface area contributed by atoms with Crippen molar-refractivity contribution in [3.63, 3.8) is 0 Å². The standard InChI is InChI=1S/C11H10N4O2/c12-11-13-5-4-9(15-11)14-8-3-1-2-7(6-8)10(16)17/h1-6H,(H,16,17)(H3,12,13,14,15). The fourth-order valence-electron chi connectivity index (χ4n) is 1.32. The molecule has 0 unspecified atom stereocenters. The first-order chi connectivity index (χ1) is 8.15. The summed E-state index contributed by atoms with van der Waals surface area (Å²) >= 11 is 0. The largest absolute Gasteiger partial charge is 0.478 e. The average molecular weight is 230 g/mol. The number of aromatic carboxylic acids is 1. The van der Waals surface area contributed by atoms with Gasteiger partial charge in [0.1, 0.15) is 5.82 Å². The van der Waals surface area contributed by atoms with Crippen LogP contribution in [0.5, 0.6) is 0 Å². The molecule has 0 atom stereocenters. The van der Waals surface area contributed by atoms with E-state index >= 15 is 0 Å². The van der Waals surface area contributed by atoms with Crippen molar-refractivity contribution in [1.82, 2.24) is 9.97 Å². The molecular weight excluding hydrogens is 220 g/mol. The summed E-state index contributed by atoms with van der Waals surface area (Å²) in [7, 11) is 0. The molecule has 0 saturated heterocycles. The van der Waals surface area contributed by atoms with Crippen molar-refractivity contribution in [2.45, 2.75) is 0 Å². The van der Waals surface area contributed by atoms with Crippen molar-refractivity contribution in [3.05, 3.63) is 42.1 Å². The molecular formula is C11H10N4O2. The third-order valence-electron chi connectivity index (χ3n) is 2.06. The van der Waals surface area contributed by atoms with Gasteiger partial charge in [-0.15, -0.1) is 0 Å². The first-order valence-electron chi connectivity index (χ1n) is 4.84. The van der Waals surface area contributed by atoms with E-state index in [1.807, 2.05) is 0 Å². The van der Waals surface area contributed by atoms with Gasteiger partial charge in [-0.25, -0.2) is 9.78 Å². The Morgan fingerprint density at radius 2 is 2.18 bits per heavy atom. The SMILES string of the molecule is Nc1nccc(Nc2cccc(C(=O)O)c2)n1. The highest BCUT2D eigenvalue weighted by Crippen LogP contribution is 2.16. The highest BCUT2D eigenvalue weighted by molar-refractivity contribution is 5.89. The number of carboxylic acids is 1. The minimum Gasteiger partial charge on any atom is -0.478 e. The van der Waals surface area contributed by atoms with E-state index in [0.717, 1.165) is 0 Å². The number of rotatable bonds is 3. The van der Waals surface area contributed by atoms with Gasteiger partial charge in [0.15, 0.2) is 0 Å². The zero-order valence-corrected chi connectivity index (χ0v) is 8.79. The number of aromatic nitrogens is 2. The third-order valence-corrected chi connectivity index (χ3v) is 2.06. The molecule has 4 N–H and O–H groups in total. The van der Waals surface area contributed by atoms with Crippen LogP contribution in [0.3, 0.4) is 0 Å². The van der Waals surface area contributed by atoms with Crippen LogP contribution < -0.4 is 11.1 Å². The third kappa shape index (κ3) is 2.69. The van der Waals surface area contributed by atoms with Crippen molar-refractivity contribution >= 4 is 23.4 Å². The minimum absolute atomic E-state index is 0.157. The molecule has 0 amide bonds. The van der Waals surface area contributed by atoms with Crippen LogP contribution in [0.2, 0.25) is 0 Å². The first kappa shape index (κ1) is 10.9. The van der Waals surface area contributed by atoms with Crippen LogP contribution in [-0.2, 0) is 0 Å². The number of anilines is 3. The fourth-order valence-corrected chi connectivity index (χ4v) is 1.32. The predicted molar refractivity (Wildman–Crippen MR) is 63.1 cm³/mol. The number of nitrogen functional groups attached to an aromatic ring is 1. The molecule has 1 aromatic heterocycles. The zero-order valence-electron chi connectivity index (χ0n) is 8.79. The summed E-state index contributed by atoms with van der Waals surface area (Å²) in [6, 6.07) is 8.06. The van der Waals surface area contributed by atoms with Crippen molar-refractivity contribution in [2.75, 3.05) is 11.1 Å². The molecule has 0 aliphatic heterocycles. The van der Waals surface area contributed by atoms with E-state index in [2.05, 4.69) is 15.3 Å². The van der Waals surface area contributed by atoms with Crippen molar-refractivity contribution in [2.24, 2.45) is 0 Å². The summed E-state index contributed by atoms with van der Waals surface area (Å²) in [5.41, 5.74) is 6.27. The Morgan fingerprint density at radius 1 is 1.35 bits per heavy atom. The van der Waals surface area contributed by atoms with Crippen LogP contribution >= 0.6 is 0 Å². The molecule has 2 aromatic rings. The first-order valence-corrected chi connectivity index (χ1v) is 4.84. The van der Waals surface area contributed by atoms with Gasteiger partial charge in [0.2, 0.25) is 5.95 Å². The van der Waals surface area contributed by atoms with Crippen LogP contribution in [0.25, 0.3) is 0 Å². The molecule has 0 aliphatic rings. The van der Waals surface area contributed by atoms with Gasteiger partial charge in [0.25, 0.3) is 0 Å². The van der Waals surface area contributed by atoms with Crippen LogP contribution in [0, 0.1) is 0 Å². The van der Waals surface area contributed by atoms with Crippen molar-refractivity contribution < 1.29 is 9.90 Å². The molecule has 6 heteroatoms. The highest BCUT2D eigenvalue weighted by atomic mass is 16.4. The molecule has 17 heavy (non-hydrogen) atoms. The number of hydrogen-bond donors (Lipinski definition) is 3. The Hall–Kier alpha value is -2.63. The topological polar surface area (TPSA) is 101 Å². The molecule has 0 aliphatic carbocycles. The quantitative estimate of drug-likeness (QED) is 0.738. The molecule has 86 valence electrons. The van der Waals surface area contributed by atoms with Gasteiger partial charge in [0, 0.05) is 11.9 Å². The van der Waals surface area contributed by atoms with E-state index in [1.165, 1.54) is 18.3 Å². The smallest absolute Gasteiger partial charge is 0.335 e. The van der Waals surface area contributed by atoms with Gasteiger partial charge in [-0.3, -0.25) is 0 Å². The van der Waals surface area contributed by atoms with E-state index in [0.29, 0.717) is 11.5 Å².